The number of amides is 2. The van der Waals surface area contributed by atoms with Crippen LogP contribution in [0.15, 0.2) is 70.9 Å². The van der Waals surface area contributed by atoms with Crippen molar-refractivity contribution in [2.45, 2.75) is 55.6 Å². The van der Waals surface area contributed by atoms with Crippen LogP contribution in [0.1, 0.15) is 43.0 Å². The first-order chi connectivity index (χ1) is 19.3. The largest absolute Gasteiger partial charge is 0.351 e. The molecule has 1 saturated carbocycles. The quantitative estimate of drug-likeness (QED) is 0.320. The van der Waals surface area contributed by atoms with Crippen LogP contribution in [0, 0.1) is 0 Å². The summed E-state index contributed by atoms with van der Waals surface area (Å²) in [4.78, 5) is 30.3. The van der Waals surface area contributed by atoms with Crippen molar-refractivity contribution >= 4 is 49.9 Å². The Balaban J connectivity index is 1.55. The summed E-state index contributed by atoms with van der Waals surface area (Å²) in [5.74, 6) is -0.646. The molecule has 0 saturated heterocycles. The van der Waals surface area contributed by atoms with Gasteiger partial charge in [0.1, 0.15) is 18.1 Å². The zero-order chi connectivity index (χ0) is 28.3. The van der Waals surface area contributed by atoms with Gasteiger partial charge in [0.05, 0.1) is 10.4 Å². The summed E-state index contributed by atoms with van der Waals surface area (Å²) >= 11 is 1.39. The van der Waals surface area contributed by atoms with Gasteiger partial charge in [0.2, 0.25) is 21.8 Å². The summed E-state index contributed by atoms with van der Waals surface area (Å²) < 4.78 is 28.0. The SMILES string of the molecule is CN(C)S(=O)(=O)c1ccc(N(C(=O)Cn2nnc3ccccc32)[C@@H](C(=O)NC2CCCCC2)c2cccs2)cc1. The molecule has 1 aliphatic carbocycles. The fraction of sp³-hybridized carbons (Fsp3) is 0.357. The summed E-state index contributed by atoms with van der Waals surface area (Å²) in [5, 5.41) is 13.4. The summed E-state index contributed by atoms with van der Waals surface area (Å²) in [6.45, 7) is -0.156. The van der Waals surface area contributed by atoms with Gasteiger partial charge in [-0.15, -0.1) is 16.4 Å². The Hall–Kier alpha value is -3.61. The Morgan fingerprint density at radius 2 is 1.75 bits per heavy atom. The highest BCUT2D eigenvalue weighted by molar-refractivity contribution is 7.89. The van der Waals surface area contributed by atoms with E-state index in [1.54, 1.807) is 12.1 Å². The van der Waals surface area contributed by atoms with Crippen LogP contribution in [0.2, 0.25) is 0 Å². The molecule has 1 N–H and O–H groups in total. The average Bonchev–Trinajstić information content (AvgIpc) is 3.63. The lowest BCUT2D eigenvalue weighted by molar-refractivity contribution is -0.127. The number of aromatic nitrogens is 3. The molecule has 210 valence electrons. The predicted octanol–water partition coefficient (Wildman–Crippen LogP) is 3.97. The third-order valence-corrected chi connectivity index (χ3v) is 9.89. The van der Waals surface area contributed by atoms with Crippen LogP contribution < -0.4 is 10.2 Å². The molecule has 2 amide bonds. The molecule has 5 rings (SSSR count). The maximum atomic E-state index is 14.1. The number of benzene rings is 2. The van der Waals surface area contributed by atoms with Gasteiger partial charge in [0.25, 0.3) is 0 Å². The van der Waals surface area contributed by atoms with E-state index in [4.69, 9.17) is 0 Å². The normalized spacial score (nSPS) is 15.3. The van der Waals surface area contributed by atoms with E-state index < -0.39 is 16.1 Å². The lowest BCUT2D eigenvalue weighted by Gasteiger charge is -2.33. The van der Waals surface area contributed by atoms with Gasteiger partial charge in [-0.1, -0.05) is 42.7 Å². The molecule has 0 spiro atoms. The molecular formula is C28H32N6O4S2. The zero-order valence-corrected chi connectivity index (χ0v) is 24.1. The van der Waals surface area contributed by atoms with E-state index in [0.29, 0.717) is 21.6 Å². The van der Waals surface area contributed by atoms with Crippen LogP contribution in [0.5, 0.6) is 0 Å². The van der Waals surface area contributed by atoms with Gasteiger partial charge >= 0.3 is 0 Å². The van der Waals surface area contributed by atoms with Gasteiger partial charge in [0, 0.05) is 30.7 Å². The van der Waals surface area contributed by atoms with Crippen molar-refractivity contribution in [3.63, 3.8) is 0 Å². The van der Waals surface area contributed by atoms with Crippen LogP contribution in [-0.2, 0) is 26.2 Å². The first-order valence-corrected chi connectivity index (χ1v) is 15.5. The number of carbonyl (C=O) groups excluding carboxylic acids is 2. The summed E-state index contributed by atoms with van der Waals surface area (Å²) in [5.41, 5.74) is 1.76. The fourth-order valence-corrected chi connectivity index (χ4v) is 6.73. The molecule has 0 radical (unpaired) electrons. The Labute approximate surface area is 237 Å². The molecule has 1 fully saturated rings. The van der Waals surface area contributed by atoms with E-state index in [2.05, 4.69) is 15.6 Å². The van der Waals surface area contributed by atoms with Crippen molar-refractivity contribution < 1.29 is 18.0 Å². The van der Waals surface area contributed by atoms with Gasteiger partial charge < -0.3 is 5.32 Å². The number of hydrogen-bond acceptors (Lipinski definition) is 7. The highest BCUT2D eigenvalue weighted by Crippen LogP contribution is 2.33. The molecule has 10 nitrogen and oxygen atoms in total. The van der Waals surface area contributed by atoms with Crippen LogP contribution in [0.25, 0.3) is 11.0 Å². The maximum Gasteiger partial charge on any atom is 0.249 e. The van der Waals surface area contributed by atoms with E-state index in [9.17, 15) is 18.0 Å². The summed E-state index contributed by atoms with van der Waals surface area (Å²) in [7, 11) is -0.749. The second kappa shape index (κ2) is 11.9. The molecule has 0 bridgehead atoms. The molecule has 2 heterocycles. The third kappa shape index (κ3) is 5.79. The number of nitrogens with zero attached hydrogens (tertiary/aromatic N) is 5. The van der Waals surface area contributed by atoms with Gasteiger partial charge in [-0.25, -0.2) is 17.4 Å². The second-order valence-electron chi connectivity index (χ2n) is 10.0. The molecule has 4 aromatic rings. The molecule has 2 aromatic heterocycles. The molecule has 12 heteroatoms. The smallest absolute Gasteiger partial charge is 0.249 e. The second-order valence-corrected chi connectivity index (χ2v) is 13.2. The van der Waals surface area contributed by atoms with Crippen molar-refractivity contribution in [1.82, 2.24) is 24.6 Å². The van der Waals surface area contributed by atoms with Gasteiger partial charge in [-0.2, -0.15) is 0 Å². The first-order valence-electron chi connectivity index (χ1n) is 13.2. The van der Waals surface area contributed by atoms with Crippen molar-refractivity contribution in [3.05, 3.63) is 70.9 Å². The minimum Gasteiger partial charge on any atom is -0.351 e. The number of nitrogens with one attached hydrogen (secondary N) is 1. The number of fused-ring (bicyclic) bond motifs is 1. The molecular weight excluding hydrogens is 548 g/mol. The number of sulfonamides is 1. The summed E-state index contributed by atoms with van der Waals surface area (Å²) in [6.07, 6.45) is 5.06. The molecule has 0 aliphatic heterocycles. The van der Waals surface area contributed by atoms with Crippen LogP contribution in [0.3, 0.4) is 0 Å². The predicted molar refractivity (Wildman–Crippen MR) is 154 cm³/mol. The van der Waals surface area contributed by atoms with E-state index in [-0.39, 0.29) is 29.3 Å². The molecule has 40 heavy (non-hydrogen) atoms. The highest BCUT2D eigenvalue weighted by Gasteiger charge is 2.35. The van der Waals surface area contributed by atoms with Crippen LogP contribution >= 0.6 is 11.3 Å². The standard InChI is InChI=1S/C28H32N6O4S2/c1-32(2)40(37,38)22-16-14-21(15-17-22)34(26(35)19-33-24-12-7-6-11-23(24)30-31-33)27(25-13-8-18-39-25)28(36)29-20-9-4-3-5-10-20/h6-8,11-18,20,27H,3-5,9-10,19H2,1-2H3,(H,29,36)/t27-/m1/s1. The average molecular weight is 581 g/mol. The van der Waals surface area contributed by atoms with E-state index in [1.807, 2.05) is 41.8 Å². The third-order valence-electron chi connectivity index (χ3n) is 7.14. The number of carbonyl (C=O) groups is 2. The maximum absolute atomic E-state index is 14.1. The van der Waals surface area contributed by atoms with E-state index in [0.717, 1.165) is 36.4 Å². The monoisotopic (exact) mass is 580 g/mol. The van der Waals surface area contributed by atoms with Gasteiger partial charge in [-0.3, -0.25) is 14.5 Å². The fourth-order valence-electron chi connectivity index (χ4n) is 5.01. The molecule has 1 atom stereocenters. The topological polar surface area (TPSA) is 118 Å². The number of thiophene rings is 1. The number of anilines is 1. The Kier molecular flexibility index (Phi) is 8.29. The van der Waals surface area contributed by atoms with Crippen molar-refractivity contribution in [2.24, 2.45) is 0 Å². The van der Waals surface area contributed by atoms with Crippen LogP contribution in [-0.4, -0.2) is 59.7 Å². The molecule has 0 unspecified atom stereocenters. The molecule has 1 aliphatic rings. The molecule has 2 aromatic carbocycles. The Bertz CT molecular complexity index is 1580. The lowest BCUT2D eigenvalue weighted by atomic mass is 9.95. The Morgan fingerprint density at radius 3 is 2.42 bits per heavy atom. The summed E-state index contributed by atoms with van der Waals surface area (Å²) in [6, 6.07) is 16.2. The zero-order valence-electron chi connectivity index (χ0n) is 22.4. The Morgan fingerprint density at radius 1 is 1.02 bits per heavy atom. The van der Waals surface area contributed by atoms with Crippen molar-refractivity contribution in [1.29, 1.82) is 0 Å². The van der Waals surface area contributed by atoms with Gasteiger partial charge in [0.15, 0.2) is 0 Å². The first kappa shape index (κ1) is 27.9. The van der Waals surface area contributed by atoms with Crippen molar-refractivity contribution in [3.8, 4) is 0 Å². The minimum atomic E-state index is -3.67. The van der Waals surface area contributed by atoms with E-state index >= 15 is 0 Å². The number of para-hydroxylation sites is 1. The lowest BCUT2D eigenvalue weighted by Crippen LogP contribution is -2.48. The minimum absolute atomic E-state index is 0.0486. The van der Waals surface area contributed by atoms with Crippen LogP contribution in [0.4, 0.5) is 5.69 Å². The number of hydrogen-bond donors (Lipinski definition) is 1. The van der Waals surface area contributed by atoms with Gasteiger partial charge in [-0.05, 0) is 60.7 Å². The van der Waals surface area contributed by atoms with Crippen molar-refractivity contribution in [2.75, 3.05) is 19.0 Å². The number of rotatable bonds is 9. The van der Waals surface area contributed by atoms with E-state index in [1.165, 1.54) is 47.1 Å². The highest BCUT2D eigenvalue weighted by atomic mass is 32.2.